The predicted octanol–water partition coefficient (Wildman–Crippen LogP) is 4.20. The minimum atomic E-state index is -0.358. The maximum atomic E-state index is 12.5. The van der Waals surface area contributed by atoms with Crippen LogP contribution in [0.2, 0.25) is 0 Å². The number of aryl methyl sites for hydroxylation is 1. The van der Waals surface area contributed by atoms with E-state index in [2.05, 4.69) is 53.2 Å². The molecule has 5 heteroatoms. The van der Waals surface area contributed by atoms with Crippen LogP contribution >= 0.6 is 0 Å². The molecule has 1 N–H and O–H groups in total. The van der Waals surface area contributed by atoms with Gasteiger partial charge in [-0.25, -0.2) is 0 Å². The van der Waals surface area contributed by atoms with Crippen molar-refractivity contribution in [3.8, 4) is 6.07 Å². The molecule has 0 aliphatic carbocycles. The van der Waals surface area contributed by atoms with Crippen LogP contribution in [0.25, 0.3) is 17.0 Å². The van der Waals surface area contributed by atoms with Crippen LogP contribution in [0.3, 0.4) is 0 Å². The largest absolute Gasteiger partial charge is 0.376 e. The molecule has 0 spiro atoms. The smallest absolute Gasteiger partial charge is 0.262 e. The summed E-state index contributed by atoms with van der Waals surface area (Å²) in [6.07, 6.45) is 5.69. The number of carbonyl (C=O) groups is 1. The number of para-hydroxylation sites is 1. The van der Waals surface area contributed by atoms with Gasteiger partial charge in [0.15, 0.2) is 0 Å². The van der Waals surface area contributed by atoms with Crippen LogP contribution in [0.15, 0.2) is 60.3 Å². The lowest BCUT2D eigenvalue weighted by Gasteiger charge is -2.10. The second-order valence-corrected chi connectivity index (χ2v) is 7.73. The van der Waals surface area contributed by atoms with Crippen molar-refractivity contribution in [2.75, 3.05) is 13.2 Å². The summed E-state index contributed by atoms with van der Waals surface area (Å²) in [5, 5.41) is 13.4. The Kier molecular flexibility index (Phi) is 5.97. The van der Waals surface area contributed by atoms with Gasteiger partial charge in [-0.15, -0.1) is 0 Å². The van der Waals surface area contributed by atoms with Gasteiger partial charge in [0.25, 0.3) is 5.91 Å². The van der Waals surface area contributed by atoms with Crippen LogP contribution < -0.4 is 5.32 Å². The molecule has 0 radical (unpaired) electrons. The molecule has 0 bridgehead atoms. The Bertz CT molecular complexity index is 1110. The number of rotatable bonds is 6. The number of nitrogens with one attached hydrogen (secondary N) is 1. The molecule has 152 valence electrons. The fourth-order valence-corrected chi connectivity index (χ4v) is 3.82. The van der Waals surface area contributed by atoms with E-state index in [4.69, 9.17) is 4.74 Å². The molecule has 1 amide bonds. The minimum absolute atomic E-state index is 0.0466. The molecule has 4 rings (SSSR count). The molecule has 1 unspecified atom stereocenters. The van der Waals surface area contributed by atoms with Crippen LogP contribution in [0.5, 0.6) is 0 Å². The number of ether oxygens (including phenoxy) is 1. The van der Waals surface area contributed by atoms with E-state index in [1.165, 1.54) is 11.1 Å². The van der Waals surface area contributed by atoms with Crippen LogP contribution in [0.4, 0.5) is 0 Å². The second kappa shape index (κ2) is 8.98. The summed E-state index contributed by atoms with van der Waals surface area (Å²) in [4.78, 5) is 12.5. The van der Waals surface area contributed by atoms with E-state index in [1.54, 1.807) is 6.08 Å². The lowest BCUT2D eigenvalue weighted by molar-refractivity contribution is -0.117. The Morgan fingerprint density at radius 1 is 1.27 bits per heavy atom. The van der Waals surface area contributed by atoms with Crippen molar-refractivity contribution < 1.29 is 9.53 Å². The molecule has 1 aliphatic rings. The molecule has 1 fully saturated rings. The van der Waals surface area contributed by atoms with Gasteiger partial charge in [-0.2, -0.15) is 5.26 Å². The molecule has 5 nitrogen and oxygen atoms in total. The summed E-state index contributed by atoms with van der Waals surface area (Å²) in [6, 6.07) is 18.6. The third kappa shape index (κ3) is 4.45. The normalized spacial score (nSPS) is 16.5. The molecule has 1 aliphatic heterocycles. The molecule has 1 atom stereocenters. The highest BCUT2D eigenvalue weighted by molar-refractivity contribution is 6.04. The van der Waals surface area contributed by atoms with E-state index in [0.717, 1.165) is 42.5 Å². The Hall–Kier alpha value is -3.36. The number of hydrogen-bond acceptors (Lipinski definition) is 3. The number of aromatic nitrogens is 1. The minimum Gasteiger partial charge on any atom is -0.376 e. The first-order chi connectivity index (χ1) is 14.6. The highest BCUT2D eigenvalue weighted by Crippen LogP contribution is 2.25. The molecule has 2 aromatic carbocycles. The maximum Gasteiger partial charge on any atom is 0.262 e. The van der Waals surface area contributed by atoms with Crippen molar-refractivity contribution in [1.29, 1.82) is 5.26 Å². The Balaban J connectivity index is 1.60. The molecule has 3 aromatic rings. The van der Waals surface area contributed by atoms with Crippen LogP contribution in [0.1, 0.15) is 29.5 Å². The van der Waals surface area contributed by atoms with Gasteiger partial charge in [0.05, 0.1) is 6.10 Å². The van der Waals surface area contributed by atoms with Gasteiger partial charge in [0.2, 0.25) is 0 Å². The number of nitriles is 1. The van der Waals surface area contributed by atoms with Gasteiger partial charge in [-0.1, -0.05) is 48.0 Å². The summed E-state index contributed by atoms with van der Waals surface area (Å²) < 4.78 is 7.70. The van der Waals surface area contributed by atoms with Crippen molar-refractivity contribution >= 4 is 22.9 Å². The Morgan fingerprint density at radius 3 is 2.80 bits per heavy atom. The monoisotopic (exact) mass is 399 g/mol. The molecular weight excluding hydrogens is 374 g/mol. The fraction of sp³-hybridized carbons (Fsp3) is 0.280. The molecular formula is C25H25N3O2. The van der Waals surface area contributed by atoms with Crippen molar-refractivity contribution in [2.45, 2.75) is 32.4 Å². The van der Waals surface area contributed by atoms with Crippen molar-refractivity contribution in [3.05, 3.63) is 77.0 Å². The Labute approximate surface area is 176 Å². The Morgan fingerprint density at radius 2 is 2.07 bits per heavy atom. The lowest BCUT2D eigenvalue weighted by Crippen LogP contribution is -2.32. The number of amides is 1. The first-order valence-corrected chi connectivity index (χ1v) is 10.3. The van der Waals surface area contributed by atoms with Gasteiger partial charge in [0, 0.05) is 42.4 Å². The van der Waals surface area contributed by atoms with E-state index < -0.39 is 0 Å². The zero-order chi connectivity index (χ0) is 20.9. The van der Waals surface area contributed by atoms with Crippen molar-refractivity contribution in [3.63, 3.8) is 0 Å². The van der Waals surface area contributed by atoms with E-state index in [0.29, 0.717) is 6.54 Å². The number of hydrogen-bond donors (Lipinski definition) is 1. The lowest BCUT2D eigenvalue weighted by atomic mass is 10.1. The average molecular weight is 399 g/mol. The van der Waals surface area contributed by atoms with Crippen LogP contribution in [-0.2, 0) is 16.1 Å². The van der Waals surface area contributed by atoms with E-state index >= 15 is 0 Å². The van der Waals surface area contributed by atoms with Crippen molar-refractivity contribution in [1.82, 2.24) is 9.88 Å². The number of carbonyl (C=O) groups excluding carboxylic acids is 1. The highest BCUT2D eigenvalue weighted by Gasteiger charge is 2.18. The van der Waals surface area contributed by atoms with Crippen molar-refractivity contribution in [2.24, 2.45) is 0 Å². The third-order valence-corrected chi connectivity index (χ3v) is 5.47. The average Bonchev–Trinajstić information content (AvgIpc) is 3.40. The first-order valence-electron chi connectivity index (χ1n) is 10.3. The topological polar surface area (TPSA) is 67.0 Å². The number of benzene rings is 2. The summed E-state index contributed by atoms with van der Waals surface area (Å²) in [6.45, 7) is 3.97. The molecule has 30 heavy (non-hydrogen) atoms. The van der Waals surface area contributed by atoms with Crippen LogP contribution in [-0.4, -0.2) is 29.7 Å². The first kappa shape index (κ1) is 19.9. The standard InChI is InChI=1S/C25H25N3O2/c1-18-8-10-19(11-9-18)16-28-17-21(23-6-2-3-7-24(23)28)13-20(14-26)25(29)27-15-22-5-4-12-30-22/h2-3,6-11,13,17,22H,4-5,12,15-16H2,1H3,(H,27,29)/b20-13-. The second-order valence-electron chi connectivity index (χ2n) is 7.73. The summed E-state index contributed by atoms with van der Waals surface area (Å²) in [5.41, 5.74) is 4.47. The zero-order valence-corrected chi connectivity index (χ0v) is 17.1. The summed E-state index contributed by atoms with van der Waals surface area (Å²) in [5.74, 6) is -0.358. The highest BCUT2D eigenvalue weighted by atomic mass is 16.5. The SMILES string of the molecule is Cc1ccc(Cn2cc(/C=C(/C#N)C(=O)NCC3CCCO3)c3ccccc32)cc1. The van der Waals surface area contributed by atoms with Gasteiger partial charge < -0.3 is 14.6 Å². The zero-order valence-electron chi connectivity index (χ0n) is 17.1. The summed E-state index contributed by atoms with van der Waals surface area (Å²) in [7, 11) is 0. The van der Waals surface area contributed by atoms with E-state index in [9.17, 15) is 10.1 Å². The number of fused-ring (bicyclic) bond motifs is 1. The maximum absolute atomic E-state index is 12.5. The fourth-order valence-electron chi connectivity index (χ4n) is 3.82. The molecule has 2 heterocycles. The summed E-state index contributed by atoms with van der Waals surface area (Å²) >= 11 is 0. The molecule has 0 saturated carbocycles. The number of nitrogens with zero attached hydrogens (tertiary/aromatic N) is 2. The van der Waals surface area contributed by atoms with Gasteiger partial charge in [-0.05, 0) is 37.5 Å². The third-order valence-electron chi connectivity index (χ3n) is 5.47. The quantitative estimate of drug-likeness (QED) is 0.499. The predicted molar refractivity (Wildman–Crippen MR) is 118 cm³/mol. The van der Waals surface area contributed by atoms with Gasteiger partial charge in [-0.3, -0.25) is 4.79 Å². The van der Waals surface area contributed by atoms with Gasteiger partial charge in [0.1, 0.15) is 11.6 Å². The molecule has 1 aromatic heterocycles. The van der Waals surface area contributed by atoms with E-state index in [1.807, 2.05) is 24.4 Å². The van der Waals surface area contributed by atoms with Crippen LogP contribution in [0, 0.1) is 18.3 Å². The molecule has 1 saturated heterocycles. The van der Waals surface area contributed by atoms with E-state index in [-0.39, 0.29) is 17.6 Å². The van der Waals surface area contributed by atoms with Gasteiger partial charge >= 0.3 is 0 Å².